The van der Waals surface area contributed by atoms with Crippen LogP contribution >= 0.6 is 0 Å². The lowest BCUT2D eigenvalue weighted by Gasteiger charge is -2.63. The molecule has 0 aromatic rings. The third-order valence-electron chi connectivity index (χ3n) is 9.72. The molecule has 0 spiro atoms. The van der Waals surface area contributed by atoms with Crippen molar-refractivity contribution in [2.75, 3.05) is 0 Å². The highest BCUT2D eigenvalue weighted by atomic mass is 32.3. The van der Waals surface area contributed by atoms with Crippen molar-refractivity contribution >= 4 is 16.4 Å². The fourth-order valence-electron chi connectivity index (χ4n) is 8.58. The Hall–Kier alpha value is -0.660. The van der Waals surface area contributed by atoms with Gasteiger partial charge in [0.1, 0.15) is 5.60 Å². The zero-order valence-electron chi connectivity index (χ0n) is 18.4. The van der Waals surface area contributed by atoms with E-state index in [2.05, 4.69) is 34.6 Å². The fourth-order valence-corrected chi connectivity index (χ4v) is 9.22. The SMILES string of the molecule is CC1(C)[C@@H](OS(=O)(=O)O)CC[C@]2(C)[C@H]3CC[C@H]([C@]4(C)CCC(=O)O4)[C@]3(C)CC[C@H]12. The number of ether oxygens (including phenoxy) is 1. The Morgan fingerprint density at radius 1 is 0.897 bits per heavy atom. The van der Waals surface area contributed by atoms with Crippen molar-refractivity contribution in [3.63, 3.8) is 0 Å². The summed E-state index contributed by atoms with van der Waals surface area (Å²) < 4.78 is 43.1. The molecule has 1 aliphatic heterocycles. The number of carbonyl (C=O) groups is 1. The summed E-state index contributed by atoms with van der Waals surface area (Å²) in [5, 5.41) is 0. The lowest BCUT2D eigenvalue weighted by atomic mass is 9.42. The number of cyclic esters (lactones) is 1. The minimum Gasteiger partial charge on any atom is -0.459 e. The van der Waals surface area contributed by atoms with Gasteiger partial charge in [-0.2, -0.15) is 8.42 Å². The van der Waals surface area contributed by atoms with Crippen LogP contribution in [0.4, 0.5) is 0 Å². The molecule has 0 unspecified atom stereocenters. The van der Waals surface area contributed by atoms with Gasteiger partial charge in [0.25, 0.3) is 0 Å². The number of esters is 1. The lowest BCUT2D eigenvalue weighted by Crippen LogP contribution is -2.59. The van der Waals surface area contributed by atoms with Crippen molar-refractivity contribution in [3.8, 4) is 0 Å². The average Bonchev–Trinajstić information content (AvgIpc) is 3.10. The van der Waals surface area contributed by atoms with E-state index >= 15 is 0 Å². The summed E-state index contributed by atoms with van der Waals surface area (Å²) in [6, 6.07) is 0. The van der Waals surface area contributed by atoms with Gasteiger partial charge in [0.2, 0.25) is 0 Å². The number of hydrogen-bond acceptors (Lipinski definition) is 5. The maximum atomic E-state index is 11.9. The monoisotopic (exact) mass is 428 g/mol. The largest absolute Gasteiger partial charge is 0.459 e. The quantitative estimate of drug-likeness (QED) is 0.524. The first kappa shape index (κ1) is 21.6. The summed E-state index contributed by atoms with van der Waals surface area (Å²) in [6.45, 7) is 11.1. The normalized spacial score (nSPS) is 49.4. The third-order valence-corrected chi connectivity index (χ3v) is 10.2. The Bertz CT molecular complexity index is 806. The summed E-state index contributed by atoms with van der Waals surface area (Å²) in [5.41, 5.74) is -0.489. The van der Waals surface area contributed by atoms with Crippen LogP contribution in [0.5, 0.6) is 0 Å². The van der Waals surface area contributed by atoms with E-state index in [1.807, 2.05) is 0 Å². The smallest absolute Gasteiger partial charge is 0.397 e. The van der Waals surface area contributed by atoms with Gasteiger partial charge < -0.3 is 4.74 Å². The number of fused-ring (bicyclic) bond motifs is 3. The number of rotatable bonds is 3. The second kappa shape index (κ2) is 6.42. The zero-order chi connectivity index (χ0) is 21.5. The van der Waals surface area contributed by atoms with E-state index < -0.39 is 16.5 Å². The van der Waals surface area contributed by atoms with Crippen molar-refractivity contribution in [1.82, 2.24) is 0 Å². The van der Waals surface area contributed by atoms with Crippen LogP contribution in [0, 0.1) is 34.0 Å². The summed E-state index contributed by atoms with van der Waals surface area (Å²) >= 11 is 0. The number of hydrogen-bond donors (Lipinski definition) is 1. The molecule has 0 bridgehead atoms. The van der Waals surface area contributed by atoms with Crippen LogP contribution in [-0.2, 0) is 24.1 Å². The van der Waals surface area contributed by atoms with E-state index in [0.717, 1.165) is 38.5 Å². The molecule has 0 aromatic heterocycles. The van der Waals surface area contributed by atoms with Crippen molar-refractivity contribution in [1.29, 1.82) is 0 Å². The molecule has 3 saturated carbocycles. The minimum absolute atomic E-state index is 0.0662. The molecular weight excluding hydrogens is 392 g/mol. The molecule has 29 heavy (non-hydrogen) atoms. The molecule has 1 N–H and O–H groups in total. The molecule has 7 heteroatoms. The van der Waals surface area contributed by atoms with Gasteiger partial charge >= 0.3 is 16.4 Å². The predicted molar refractivity (Wildman–Crippen MR) is 108 cm³/mol. The summed E-state index contributed by atoms with van der Waals surface area (Å²) in [4.78, 5) is 11.9. The second-order valence-electron chi connectivity index (χ2n) is 11.4. The highest BCUT2D eigenvalue weighted by Gasteiger charge is 2.67. The van der Waals surface area contributed by atoms with Crippen molar-refractivity contribution in [2.45, 2.75) is 97.7 Å². The number of carbonyl (C=O) groups excluding carboxylic acids is 1. The van der Waals surface area contributed by atoms with Crippen molar-refractivity contribution in [2.24, 2.45) is 34.0 Å². The maximum Gasteiger partial charge on any atom is 0.397 e. The van der Waals surface area contributed by atoms with Gasteiger partial charge in [-0.15, -0.1) is 0 Å². The molecule has 1 heterocycles. The molecule has 0 radical (unpaired) electrons. The Morgan fingerprint density at radius 2 is 1.48 bits per heavy atom. The summed E-state index contributed by atoms with van der Waals surface area (Å²) in [5.74, 6) is 1.15. The van der Waals surface area contributed by atoms with Gasteiger partial charge in [0, 0.05) is 12.3 Å². The van der Waals surface area contributed by atoms with E-state index in [1.54, 1.807) is 0 Å². The van der Waals surface area contributed by atoms with Gasteiger partial charge in [0.05, 0.1) is 6.10 Å². The Labute approximate surface area is 175 Å². The van der Waals surface area contributed by atoms with Crippen LogP contribution in [-0.4, -0.2) is 30.6 Å². The van der Waals surface area contributed by atoms with Crippen LogP contribution in [0.2, 0.25) is 0 Å². The van der Waals surface area contributed by atoms with Gasteiger partial charge in [-0.05, 0) is 80.0 Å². The Balaban J connectivity index is 1.63. The lowest BCUT2D eigenvalue weighted by molar-refractivity contribution is -0.181. The molecule has 7 atom stereocenters. The Morgan fingerprint density at radius 3 is 2.07 bits per heavy atom. The van der Waals surface area contributed by atoms with Gasteiger partial charge in [0.15, 0.2) is 0 Å². The van der Waals surface area contributed by atoms with Gasteiger partial charge in [-0.1, -0.05) is 27.7 Å². The molecule has 4 fully saturated rings. The standard InChI is InChI=1S/C22H36O6S/c1-19(2)14-8-11-21(4)15(6-7-16(21)22(5)13-10-18(23)27-22)20(14,3)12-9-17(19)28-29(24,25)26/h14-17H,6-13H2,1-5H3,(H,24,25,26)/t14-,15-,16+,17+,20+,21-,22+/m1/s1. The molecule has 4 rings (SSSR count). The van der Waals surface area contributed by atoms with Crippen LogP contribution < -0.4 is 0 Å². The molecule has 166 valence electrons. The van der Waals surface area contributed by atoms with Crippen molar-refractivity contribution in [3.05, 3.63) is 0 Å². The Kier molecular flexibility index (Phi) is 4.78. The predicted octanol–water partition coefficient (Wildman–Crippen LogP) is 4.54. The highest BCUT2D eigenvalue weighted by molar-refractivity contribution is 7.80. The van der Waals surface area contributed by atoms with Crippen LogP contribution in [0.15, 0.2) is 0 Å². The zero-order valence-corrected chi connectivity index (χ0v) is 19.2. The summed E-state index contributed by atoms with van der Waals surface area (Å²) in [7, 11) is -4.46. The van der Waals surface area contributed by atoms with Crippen molar-refractivity contribution < 1.29 is 26.7 Å². The second-order valence-corrected chi connectivity index (χ2v) is 12.5. The van der Waals surface area contributed by atoms with E-state index in [1.165, 1.54) is 0 Å². The topological polar surface area (TPSA) is 89.9 Å². The first-order valence-electron chi connectivity index (χ1n) is 11.1. The maximum absolute atomic E-state index is 11.9. The molecule has 1 saturated heterocycles. The minimum atomic E-state index is -4.46. The molecule has 4 aliphatic rings. The van der Waals surface area contributed by atoms with E-state index in [-0.39, 0.29) is 27.8 Å². The van der Waals surface area contributed by atoms with E-state index in [9.17, 15) is 17.8 Å². The van der Waals surface area contributed by atoms with Crippen LogP contribution in [0.1, 0.15) is 86.0 Å². The average molecular weight is 429 g/mol. The molecule has 6 nitrogen and oxygen atoms in total. The fraction of sp³-hybridized carbons (Fsp3) is 0.955. The van der Waals surface area contributed by atoms with Crippen LogP contribution in [0.25, 0.3) is 0 Å². The van der Waals surface area contributed by atoms with E-state index in [4.69, 9.17) is 8.92 Å². The highest BCUT2D eigenvalue weighted by Crippen LogP contribution is 2.71. The van der Waals surface area contributed by atoms with E-state index in [0.29, 0.717) is 30.6 Å². The first-order valence-corrected chi connectivity index (χ1v) is 12.5. The molecular formula is C22H36O6S. The third kappa shape index (κ3) is 3.18. The van der Waals surface area contributed by atoms with Gasteiger partial charge in [-0.25, -0.2) is 4.18 Å². The first-order chi connectivity index (χ1) is 13.2. The molecule has 0 aromatic carbocycles. The van der Waals surface area contributed by atoms with Crippen LogP contribution in [0.3, 0.4) is 0 Å². The molecule has 0 amide bonds. The molecule has 3 aliphatic carbocycles. The van der Waals surface area contributed by atoms with Gasteiger partial charge in [-0.3, -0.25) is 9.35 Å². The summed E-state index contributed by atoms with van der Waals surface area (Å²) in [6.07, 6.45) is 6.63.